The van der Waals surface area contributed by atoms with Gasteiger partial charge in [0, 0.05) is 50.0 Å². The maximum atomic E-state index is 12.6. The highest BCUT2D eigenvalue weighted by Crippen LogP contribution is 2.18. The van der Waals surface area contributed by atoms with E-state index in [2.05, 4.69) is 17.1 Å². The van der Waals surface area contributed by atoms with Crippen molar-refractivity contribution in [2.45, 2.75) is 13.0 Å². The van der Waals surface area contributed by atoms with Gasteiger partial charge in [-0.3, -0.25) is 4.79 Å². The summed E-state index contributed by atoms with van der Waals surface area (Å²) in [5.74, 6) is 0.137. The first-order chi connectivity index (χ1) is 10.3. The van der Waals surface area contributed by atoms with Gasteiger partial charge in [-0.15, -0.1) is 24.8 Å². The van der Waals surface area contributed by atoms with Gasteiger partial charge in [0.15, 0.2) is 0 Å². The largest absolute Gasteiger partial charge is 0.378 e. The van der Waals surface area contributed by atoms with Crippen LogP contribution in [0.4, 0.5) is 5.69 Å². The molecule has 0 spiro atoms. The first-order valence-electron chi connectivity index (χ1n) is 7.70. The highest BCUT2D eigenvalue weighted by Gasteiger charge is 2.24. The number of piperazine rings is 1. The van der Waals surface area contributed by atoms with Crippen LogP contribution in [0, 0.1) is 0 Å². The molecule has 2 heterocycles. The molecular formula is C16H25Cl2N3O2. The summed E-state index contributed by atoms with van der Waals surface area (Å²) < 4.78 is 5.37. The van der Waals surface area contributed by atoms with E-state index < -0.39 is 0 Å². The summed E-state index contributed by atoms with van der Waals surface area (Å²) in [6.45, 7) is 8.01. The predicted molar refractivity (Wildman–Crippen MR) is 97.3 cm³/mol. The van der Waals surface area contributed by atoms with Crippen molar-refractivity contribution < 1.29 is 9.53 Å². The fourth-order valence-electron chi connectivity index (χ4n) is 2.94. The molecule has 7 heteroatoms. The van der Waals surface area contributed by atoms with Gasteiger partial charge in [-0.05, 0) is 31.2 Å². The number of rotatable bonds is 2. The van der Waals surface area contributed by atoms with E-state index in [0.717, 1.165) is 51.5 Å². The number of anilines is 1. The Bertz CT molecular complexity index is 493. The molecule has 1 aromatic carbocycles. The smallest absolute Gasteiger partial charge is 0.254 e. The number of carbonyl (C=O) groups is 1. The molecule has 130 valence electrons. The van der Waals surface area contributed by atoms with E-state index in [4.69, 9.17) is 4.74 Å². The van der Waals surface area contributed by atoms with Crippen molar-refractivity contribution in [3.63, 3.8) is 0 Å². The predicted octanol–water partition coefficient (Wildman–Crippen LogP) is 1.80. The molecule has 1 aromatic rings. The van der Waals surface area contributed by atoms with Gasteiger partial charge in [0.05, 0.1) is 13.2 Å². The van der Waals surface area contributed by atoms with Gasteiger partial charge in [0.25, 0.3) is 5.91 Å². The number of hydrogen-bond acceptors (Lipinski definition) is 4. The quantitative estimate of drug-likeness (QED) is 0.872. The highest BCUT2D eigenvalue weighted by molar-refractivity contribution is 5.94. The summed E-state index contributed by atoms with van der Waals surface area (Å²) in [5, 5.41) is 3.31. The molecule has 5 nitrogen and oxygen atoms in total. The van der Waals surface area contributed by atoms with Crippen LogP contribution < -0.4 is 10.2 Å². The van der Waals surface area contributed by atoms with Crippen LogP contribution in [-0.4, -0.2) is 62.8 Å². The van der Waals surface area contributed by atoms with E-state index >= 15 is 0 Å². The molecule has 0 unspecified atom stereocenters. The third kappa shape index (κ3) is 4.73. The first-order valence-corrected chi connectivity index (χ1v) is 7.70. The molecule has 1 atom stereocenters. The van der Waals surface area contributed by atoms with Gasteiger partial charge in [-0.1, -0.05) is 0 Å². The summed E-state index contributed by atoms with van der Waals surface area (Å²) in [4.78, 5) is 16.8. The summed E-state index contributed by atoms with van der Waals surface area (Å²) in [6.07, 6.45) is 0. The Kier molecular flexibility index (Phi) is 8.12. The van der Waals surface area contributed by atoms with Crippen LogP contribution in [0.2, 0.25) is 0 Å². The third-order valence-electron chi connectivity index (χ3n) is 4.25. The molecule has 2 fully saturated rings. The Balaban J connectivity index is 0.00000132. The second-order valence-corrected chi connectivity index (χ2v) is 5.70. The van der Waals surface area contributed by atoms with E-state index in [9.17, 15) is 4.79 Å². The number of benzene rings is 1. The SMILES string of the molecule is C[C@H]1CNCCN1C(=O)c1ccc(N2CCOCC2)cc1.Cl.Cl. The van der Waals surface area contributed by atoms with E-state index in [0.29, 0.717) is 0 Å². The van der Waals surface area contributed by atoms with E-state index in [-0.39, 0.29) is 36.8 Å². The van der Waals surface area contributed by atoms with E-state index in [1.165, 1.54) is 5.69 Å². The summed E-state index contributed by atoms with van der Waals surface area (Å²) in [7, 11) is 0. The van der Waals surface area contributed by atoms with Gasteiger partial charge in [0.2, 0.25) is 0 Å². The number of hydrogen-bond donors (Lipinski definition) is 1. The summed E-state index contributed by atoms with van der Waals surface area (Å²) in [6, 6.07) is 8.24. The van der Waals surface area contributed by atoms with E-state index in [1.807, 2.05) is 29.2 Å². The first kappa shape index (κ1) is 20.0. The maximum Gasteiger partial charge on any atom is 0.254 e. The number of halogens is 2. The molecule has 23 heavy (non-hydrogen) atoms. The van der Waals surface area contributed by atoms with Crippen molar-refractivity contribution in [1.82, 2.24) is 10.2 Å². The lowest BCUT2D eigenvalue weighted by atomic mass is 10.1. The van der Waals surface area contributed by atoms with Crippen LogP contribution in [0.25, 0.3) is 0 Å². The molecule has 1 N–H and O–H groups in total. The van der Waals surface area contributed by atoms with Gasteiger partial charge >= 0.3 is 0 Å². The zero-order valence-corrected chi connectivity index (χ0v) is 15.0. The standard InChI is InChI=1S/C16H23N3O2.2ClH/c1-13-12-17-6-7-19(13)16(20)14-2-4-15(5-3-14)18-8-10-21-11-9-18;;/h2-5,13,17H,6-12H2,1H3;2*1H/t13-;;/m0../s1. The minimum absolute atomic E-state index is 0. The second kappa shape index (κ2) is 9.33. The monoisotopic (exact) mass is 361 g/mol. The zero-order chi connectivity index (χ0) is 14.7. The molecule has 2 aliphatic heterocycles. The fraction of sp³-hybridized carbons (Fsp3) is 0.562. The molecular weight excluding hydrogens is 337 g/mol. The minimum atomic E-state index is 0. The van der Waals surface area contributed by atoms with Gasteiger partial charge < -0.3 is 19.9 Å². The van der Waals surface area contributed by atoms with Crippen molar-refractivity contribution in [2.24, 2.45) is 0 Å². The molecule has 2 aliphatic rings. The number of nitrogens with zero attached hydrogens (tertiary/aromatic N) is 2. The number of nitrogens with one attached hydrogen (secondary N) is 1. The van der Waals surface area contributed by atoms with Crippen LogP contribution in [0.1, 0.15) is 17.3 Å². The van der Waals surface area contributed by atoms with Crippen molar-refractivity contribution in [2.75, 3.05) is 50.8 Å². The van der Waals surface area contributed by atoms with Crippen molar-refractivity contribution in [3.05, 3.63) is 29.8 Å². The molecule has 0 aromatic heterocycles. The van der Waals surface area contributed by atoms with Crippen LogP contribution in [0.15, 0.2) is 24.3 Å². The molecule has 0 radical (unpaired) electrons. The van der Waals surface area contributed by atoms with Gasteiger partial charge in [-0.25, -0.2) is 0 Å². The lowest BCUT2D eigenvalue weighted by Crippen LogP contribution is -2.52. The normalized spacial score (nSPS) is 21.2. The number of morpholine rings is 1. The molecule has 0 saturated carbocycles. The molecule has 2 saturated heterocycles. The molecule has 1 amide bonds. The van der Waals surface area contributed by atoms with Crippen molar-refractivity contribution in [1.29, 1.82) is 0 Å². The van der Waals surface area contributed by atoms with E-state index in [1.54, 1.807) is 0 Å². The highest BCUT2D eigenvalue weighted by atomic mass is 35.5. The Labute approximate surface area is 150 Å². The minimum Gasteiger partial charge on any atom is -0.378 e. The zero-order valence-electron chi connectivity index (χ0n) is 13.4. The van der Waals surface area contributed by atoms with Crippen LogP contribution in [-0.2, 0) is 4.74 Å². The number of amides is 1. The summed E-state index contributed by atoms with van der Waals surface area (Å²) in [5.41, 5.74) is 1.95. The Morgan fingerprint density at radius 1 is 1.13 bits per heavy atom. The summed E-state index contributed by atoms with van der Waals surface area (Å²) >= 11 is 0. The van der Waals surface area contributed by atoms with Crippen molar-refractivity contribution >= 4 is 36.4 Å². The second-order valence-electron chi connectivity index (χ2n) is 5.70. The Morgan fingerprint density at radius 2 is 1.78 bits per heavy atom. The fourth-order valence-corrected chi connectivity index (χ4v) is 2.94. The van der Waals surface area contributed by atoms with Crippen LogP contribution in [0.3, 0.4) is 0 Å². The van der Waals surface area contributed by atoms with Crippen LogP contribution >= 0.6 is 24.8 Å². The Morgan fingerprint density at radius 3 is 2.39 bits per heavy atom. The van der Waals surface area contributed by atoms with Gasteiger partial charge in [0.1, 0.15) is 0 Å². The topological polar surface area (TPSA) is 44.8 Å². The maximum absolute atomic E-state index is 12.6. The molecule has 0 aliphatic carbocycles. The van der Waals surface area contributed by atoms with Crippen LogP contribution in [0.5, 0.6) is 0 Å². The van der Waals surface area contributed by atoms with Gasteiger partial charge in [-0.2, -0.15) is 0 Å². The van der Waals surface area contributed by atoms with Crippen molar-refractivity contribution in [3.8, 4) is 0 Å². The average Bonchev–Trinajstić information content (AvgIpc) is 2.56. The number of ether oxygens (including phenoxy) is 1. The lowest BCUT2D eigenvalue weighted by molar-refractivity contribution is 0.0655. The molecule has 0 bridgehead atoms. The lowest BCUT2D eigenvalue weighted by Gasteiger charge is -2.34. The molecule has 3 rings (SSSR count). The average molecular weight is 362 g/mol. The Hall–Kier alpha value is -1.01. The third-order valence-corrected chi connectivity index (χ3v) is 4.25. The number of carbonyl (C=O) groups excluding carboxylic acids is 1.